The molecule has 0 saturated heterocycles. The molecule has 5 nitrogen and oxygen atoms in total. The average molecular weight is 282 g/mol. The van der Waals surface area contributed by atoms with Gasteiger partial charge in [-0.25, -0.2) is 4.79 Å². The molecule has 1 aromatic rings. The lowest BCUT2D eigenvalue weighted by Gasteiger charge is -2.10. The molecular formula is C15H22O5. The molecule has 0 spiro atoms. The molecule has 1 aromatic heterocycles. The van der Waals surface area contributed by atoms with Gasteiger partial charge in [0.1, 0.15) is 12.4 Å². The summed E-state index contributed by atoms with van der Waals surface area (Å²) in [5.74, 6) is 0.372. The summed E-state index contributed by atoms with van der Waals surface area (Å²) in [6.07, 6.45) is 3.18. The molecule has 1 rings (SSSR count). The zero-order chi connectivity index (χ0) is 14.8. The number of esters is 1. The number of hydrogen-bond acceptors (Lipinski definition) is 5. The van der Waals surface area contributed by atoms with Gasteiger partial charge in [-0.1, -0.05) is 6.58 Å². The number of aliphatic hydroxyl groups is 1. The van der Waals surface area contributed by atoms with Crippen LogP contribution in [0.3, 0.4) is 0 Å². The Bertz CT molecular complexity index is 396. The third-order valence-electron chi connectivity index (χ3n) is 2.65. The van der Waals surface area contributed by atoms with Gasteiger partial charge < -0.3 is 19.0 Å². The van der Waals surface area contributed by atoms with Crippen molar-refractivity contribution >= 4 is 5.97 Å². The summed E-state index contributed by atoms with van der Waals surface area (Å²) in [6.45, 7) is 6.10. The maximum atomic E-state index is 11.1. The van der Waals surface area contributed by atoms with Crippen molar-refractivity contribution in [2.24, 2.45) is 0 Å². The lowest BCUT2D eigenvalue weighted by Crippen LogP contribution is -2.15. The summed E-state index contributed by atoms with van der Waals surface area (Å²) in [7, 11) is 0. The molecule has 0 saturated carbocycles. The van der Waals surface area contributed by atoms with E-state index in [0.717, 1.165) is 12.2 Å². The first-order valence-corrected chi connectivity index (χ1v) is 6.70. The maximum absolute atomic E-state index is 11.1. The molecule has 0 fully saturated rings. The lowest BCUT2D eigenvalue weighted by atomic mass is 10.2. The number of aliphatic hydroxyl groups excluding tert-OH is 1. The SMILES string of the molecule is C=C(C)C(=O)OCCCCC(O)COCc1ccco1. The number of furan rings is 1. The zero-order valence-corrected chi connectivity index (χ0v) is 11.8. The van der Waals surface area contributed by atoms with Crippen LogP contribution in [0, 0.1) is 0 Å². The van der Waals surface area contributed by atoms with Crippen molar-refractivity contribution in [2.75, 3.05) is 13.2 Å². The van der Waals surface area contributed by atoms with Gasteiger partial charge in [0.25, 0.3) is 0 Å². The van der Waals surface area contributed by atoms with Crippen molar-refractivity contribution < 1.29 is 23.8 Å². The van der Waals surface area contributed by atoms with Gasteiger partial charge in [0.05, 0.1) is 25.6 Å². The van der Waals surface area contributed by atoms with Gasteiger partial charge in [0.2, 0.25) is 0 Å². The van der Waals surface area contributed by atoms with Crippen LogP contribution in [0.5, 0.6) is 0 Å². The van der Waals surface area contributed by atoms with E-state index in [2.05, 4.69) is 6.58 Å². The molecule has 0 aliphatic heterocycles. The van der Waals surface area contributed by atoms with E-state index < -0.39 is 6.10 Å². The minimum absolute atomic E-state index is 0.270. The highest BCUT2D eigenvalue weighted by Crippen LogP contribution is 2.06. The molecule has 0 amide bonds. The van der Waals surface area contributed by atoms with Crippen LogP contribution in [0.2, 0.25) is 0 Å². The monoisotopic (exact) mass is 282 g/mol. The summed E-state index contributed by atoms with van der Waals surface area (Å²) in [5, 5.41) is 9.70. The Hall–Kier alpha value is -1.59. The fraction of sp³-hybridized carbons (Fsp3) is 0.533. The first kappa shape index (κ1) is 16.5. The summed E-state index contributed by atoms with van der Waals surface area (Å²) < 4.78 is 15.4. The third-order valence-corrected chi connectivity index (χ3v) is 2.65. The molecule has 1 unspecified atom stereocenters. The van der Waals surface area contributed by atoms with Crippen LogP contribution in [-0.2, 0) is 20.9 Å². The van der Waals surface area contributed by atoms with Crippen molar-refractivity contribution in [1.82, 2.24) is 0 Å². The molecule has 1 heterocycles. The van der Waals surface area contributed by atoms with E-state index in [1.54, 1.807) is 19.3 Å². The van der Waals surface area contributed by atoms with Gasteiger partial charge in [0, 0.05) is 5.57 Å². The van der Waals surface area contributed by atoms with Crippen LogP contribution >= 0.6 is 0 Å². The second kappa shape index (κ2) is 9.34. The fourth-order valence-corrected chi connectivity index (χ4v) is 1.54. The Balaban J connectivity index is 1.96. The molecule has 1 N–H and O–H groups in total. The van der Waals surface area contributed by atoms with Crippen molar-refractivity contribution in [3.05, 3.63) is 36.3 Å². The number of carbonyl (C=O) groups excluding carboxylic acids is 1. The highest BCUT2D eigenvalue weighted by molar-refractivity contribution is 5.86. The molecule has 1 atom stereocenters. The first-order valence-electron chi connectivity index (χ1n) is 6.70. The topological polar surface area (TPSA) is 68.9 Å². The predicted octanol–water partition coefficient (Wildman–Crippen LogP) is 2.45. The van der Waals surface area contributed by atoms with Crippen molar-refractivity contribution in [3.8, 4) is 0 Å². The predicted molar refractivity (Wildman–Crippen MR) is 74.0 cm³/mol. The Kier molecular flexibility index (Phi) is 7.69. The second-order valence-electron chi connectivity index (χ2n) is 4.66. The van der Waals surface area contributed by atoms with E-state index in [4.69, 9.17) is 13.9 Å². The Morgan fingerprint density at radius 1 is 1.50 bits per heavy atom. The van der Waals surface area contributed by atoms with Crippen molar-refractivity contribution in [3.63, 3.8) is 0 Å². The fourth-order valence-electron chi connectivity index (χ4n) is 1.54. The van der Waals surface area contributed by atoms with Crippen LogP contribution in [0.15, 0.2) is 35.0 Å². The summed E-state index contributed by atoms with van der Waals surface area (Å²) in [6, 6.07) is 3.61. The third kappa shape index (κ3) is 7.11. The standard InChI is InChI=1S/C15H22O5/c1-12(2)15(17)20-8-4-3-6-13(16)10-18-11-14-7-5-9-19-14/h5,7,9,13,16H,1,3-4,6,8,10-11H2,2H3. The molecule has 0 aliphatic carbocycles. The quantitative estimate of drug-likeness (QED) is 0.405. The Labute approximate surface area is 119 Å². The summed E-state index contributed by atoms with van der Waals surface area (Å²) in [4.78, 5) is 11.1. The number of unbranched alkanes of at least 4 members (excludes halogenated alkanes) is 1. The molecule has 0 aromatic carbocycles. The van der Waals surface area contributed by atoms with E-state index in [0.29, 0.717) is 31.6 Å². The van der Waals surface area contributed by atoms with Crippen LogP contribution in [-0.4, -0.2) is 30.4 Å². The molecule has 0 radical (unpaired) electrons. The number of ether oxygens (including phenoxy) is 2. The van der Waals surface area contributed by atoms with Gasteiger partial charge in [-0.05, 0) is 38.3 Å². The molecule has 5 heteroatoms. The molecule has 20 heavy (non-hydrogen) atoms. The van der Waals surface area contributed by atoms with E-state index in [1.165, 1.54) is 0 Å². The highest BCUT2D eigenvalue weighted by Gasteiger charge is 2.06. The minimum Gasteiger partial charge on any atom is -0.467 e. The minimum atomic E-state index is -0.512. The smallest absolute Gasteiger partial charge is 0.333 e. The number of carbonyl (C=O) groups is 1. The van der Waals surface area contributed by atoms with Crippen LogP contribution in [0.1, 0.15) is 31.9 Å². The molecule has 112 valence electrons. The largest absolute Gasteiger partial charge is 0.467 e. The van der Waals surface area contributed by atoms with E-state index in [1.807, 2.05) is 6.07 Å². The zero-order valence-electron chi connectivity index (χ0n) is 11.8. The number of rotatable bonds is 10. The van der Waals surface area contributed by atoms with Crippen molar-refractivity contribution in [1.29, 1.82) is 0 Å². The summed E-state index contributed by atoms with van der Waals surface area (Å²) >= 11 is 0. The molecular weight excluding hydrogens is 260 g/mol. The normalized spacial score (nSPS) is 12.1. The maximum Gasteiger partial charge on any atom is 0.333 e. The van der Waals surface area contributed by atoms with E-state index >= 15 is 0 Å². The van der Waals surface area contributed by atoms with Gasteiger partial charge in [-0.3, -0.25) is 0 Å². The van der Waals surface area contributed by atoms with Gasteiger partial charge >= 0.3 is 5.97 Å². The van der Waals surface area contributed by atoms with Crippen LogP contribution in [0.4, 0.5) is 0 Å². The first-order chi connectivity index (χ1) is 9.59. The highest BCUT2D eigenvalue weighted by atomic mass is 16.5. The number of hydrogen-bond donors (Lipinski definition) is 1. The van der Waals surface area contributed by atoms with Gasteiger partial charge in [-0.2, -0.15) is 0 Å². The van der Waals surface area contributed by atoms with Crippen LogP contribution in [0.25, 0.3) is 0 Å². The van der Waals surface area contributed by atoms with E-state index in [9.17, 15) is 9.90 Å². The second-order valence-corrected chi connectivity index (χ2v) is 4.66. The van der Waals surface area contributed by atoms with Gasteiger partial charge in [0.15, 0.2) is 0 Å². The Morgan fingerprint density at radius 2 is 2.30 bits per heavy atom. The molecule has 0 bridgehead atoms. The van der Waals surface area contributed by atoms with Gasteiger partial charge in [-0.15, -0.1) is 0 Å². The Morgan fingerprint density at radius 3 is 2.95 bits per heavy atom. The summed E-state index contributed by atoms with van der Waals surface area (Å²) in [5.41, 5.74) is 0.399. The average Bonchev–Trinajstić information content (AvgIpc) is 2.91. The van der Waals surface area contributed by atoms with Crippen molar-refractivity contribution in [2.45, 2.75) is 38.9 Å². The van der Waals surface area contributed by atoms with Crippen LogP contribution < -0.4 is 0 Å². The molecule has 0 aliphatic rings. The van der Waals surface area contributed by atoms with E-state index in [-0.39, 0.29) is 12.6 Å². The lowest BCUT2D eigenvalue weighted by molar-refractivity contribution is -0.139.